The quantitative estimate of drug-likeness (QED) is 0.692. The Labute approximate surface area is 141 Å². The zero-order chi connectivity index (χ0) is 16.7. The highest BCUT2D eigenvalue weighted by Gasteiger charge is 2.27. The van der Waals surface area contributed by atoms with Gasteiger partial charge in [0.1, 0.15) is 6.10 Å². The van der Waals surface area contributed by atoms with Crippen molar-refractivity contribution in [3.05, 3.63) is 53.4 Å². The first kappa shape index (κ1) is 17.5. The second kappa shape index (κ2) is 8.70. The van der Waals surface area contributed by atoms with Gasteiger partial charge in [0, 0.05) is 19.4 Å². The SMILES string of the molecule is CC(=O)OC(c1ccccc1)C(COc1cccs1)CN(C)C. The van der Waals surface area contributed by atoms with E-state index in [9.17, 15) is 4.79 Å². The van der Waals surface area contributed by atoms with Crippen molar-refractivity contribution in [3.63, 3.8) is 0 Å². The van der Waals surface area contributed by atoms with Crippen LogP contribution in [0.15, 0.2) is 47.8 Å². The number of carbonyl (C=O) groups is 1. The fourth-order valence-electron chi connectivity index (χ4n) is 2.50. The molecule has 2 unspecified atom stereocenters. The number of hydrogen-bond acceptors (Lipinski definition) is 5. The number of nitrogens with zero attached hydrogens (tertiary/aromatic N) is 1. The number of ether oxygens (including phenoxy) is 2. The van der Waals surface area contributed by atoms with Crippen molar-refractivity contribution in [1.82, 2.24) is 4.90 Å². The molecule has 0 radical (unpaired) electrons. The number of esters is 1. The van der Waals surface area contributed by atoms with Crippen LogP contribution in [0.25, 0.3) is 0 Å². The van der Waals surface area contributed by atoms with Gasteiger partial charge in [-0.3, -0.25) is 4.79 Å². The van der Waals surface area contributed by atoms with Gasteiger partial charge in [0.25, 0.3) is 0 Å². The zero-order valence-electron chi connectivity index (χ0n) is 13.8. The molecule has 0 bridgehead atoms. The van der Waals surface area contributed by atoms with Crippen molar-refractivity contribution in [1.29, 1.82) is 0 Å². The number of rotatable bonds is 8. The highest BCUT2D eigenvalue weighted by molar-refractivity contribution is 7.11. The molecule has 0 spiro atoms. The lowest BCUT2D eigenvalue weighted by Gasteiger charge is -2.29. The molecule has 0 aliphatic rings. The monoisotopic (exact) mass is 333 g/mol. The lowest BCUT2D eigenvalue weighted by molar-refractivity contribution is -0.150. The molecule has 0 saturated carbocycles. The summed E-state index contributed by atoms with van der Waals surface area (Å²) in [4.78, 5) is 13.7. The minimum Gasteiger partial charge on any atom is -0.484 e. The van der Waals surface area contributed by atoms with E-state index >= 15 is 0 Å². The van der Waals surface area contributed by atoms with Gasteiger partial charge in [-0.25, -0.2) is 0 Å². The molecule has 4 nitrogen and oxygen atoms in total. The third-order valence-electron chi connectivity index (χ3n) is 3.38. The molecule has 0 saturated heterocycles. The molecule has 5 heteroatoms. The van der Waals surface area contributed by atoms with Crippen LogP contribution in [0, 0.1) is 5.92 Å². The van der Waals surface area contributed by atoms with Crippen LogP contribution in [-0.2, 0) is 9.53 Å². The number of benzene rings is 1. The lowest BCUT2D eigenvalue weighted by atomic mass is 9.95. The predicted molar refractivity (Wildman–Crippen MR) is 92.8 cm³/mol. The van der Waals surface area contributed by atoms with Gasteiger partial charge in [0.15, 0.2) is 5.06 Å². The second-order valence-corrected chi connectivity index (χ2v) is 6.62. The maximum absolute atomic E-state index is 11.6. The Morgan fingerprint density at radius 1 is 1.17 bits per heavy atom. The second-order valence-electron chi connectivity index (χ2n) is 5.71. The molecule has 23 heavy (non-hydrogen) atoms. The van der Waals surface area contributed by atoms with E-state index in [1.54, 1.807) is 11.3 Å². The number of carbonyl (C=O) groups excluding carboxylic acids is 1. The summed E-state index contributed by atoms with van der Waals surface area (Å²) in [7, 11) is 4.02. The highest BCUT2D eigenvalue weighted by atomic mass is 32.1. The first-order valence-corrected chi connectivity index (χ1v) is 8.47. The normalized spacial score (nSPS) is 13.6. The van der Waals surface area contributed by atoms with Gasteiger partial charge in [0.05, 0.1) is 6.61 Å². The molecule has 124 valence electrons. The van der Waals surface area contributed by atoms with Crippen LogP contribution < -0.4 is 4.74 Å². The molecule has 2 aromatic rings. The Balaban J connectivity index is 2.18. The van der Waals surface area contributed by atoms with E-state index in [-0.39, 0.29) is 18.0 Å². The molecule has 0 aliphatic carbocycles. The van der Waals surface area contributed by atoms with Crippen LogP contribution in [0.4, 0.5) is 0 Å². The molecule has 0 aliphatic heterocycles. The number of thiophene rings is 1. The van der Waals surface area contributed by atoms with Crippen molar-refractivity contribution in [2.24, 2.45) is 5.92 Å². The van der Waals surface area contributed by atoms with E-state index in [0.29, 0.717) is 6.61 Å². The molecule has 1 aromatic carbocycles. The van der Waals surface area contributed by atoms with E-state index in [0.717, 1.165) is 17.2 Å². The van der Waals surface area contributed by atoms with Gasteiger partial charge in [-0.1, -0.05) is 30.3 Å². The average Bonchev–Trinajstić information content (AvgIpc) is 3.03. The van der Waals surface area contributed by atoms with E-state index in [1.165, 1.54) is 6.92 Å². The summed E-state index contributed by atoms with van der Waals surface area (Å²) in [6, 6.07) is 13.8. The summed E-state index contributed by atoms with van der Waals surface area (Å²) in [5, 5.41) is 2.86. The van der Waals surface area contributed by atoms with E-state index < -0.39 is 0 Å². The van der Waals surface area contributed by atoms with E-state index in [2.05, 4.69) is 4.90 Å². The standard InChI is InChI=1S/C18H23NO3S/c1-14(20)22-18(15-8-5-4-6-9-15)16(12-19(2)3)13-21-17-10-7-11-23-17/h4-11,16,18H,12-13H2,1-3H3. The zero-order valence-corrected chi connectivity index (χ0v) is 14.6. The van der Waals surface area contributed by atoms with Crippen molar-refractivity contribution in [3.8, 4) is 5.06 Å². The Morgan fingerprint density at radius 2 is 1.91 bits per heavy atom. The largest absolute Gasteiger partial charge is 0.484 e. The first-order valence-electron chi connectivity index (χ1n) is 7.59. The lowest BCUT2D eigenvalue weighted by Crippen LogP contribution is -2.33. The third-order valence-corrected chi connectivity index (χ3v) is 4.16. The highest BCUT2D eigenvalue weighted by Crippen LogP contribution is 2.29. The molecule has 2 atom stereocenters. The van der Waals surface area contributed by atoms with Gasteiger partial charge < -0.3 is 14.4 Å². The Hall–Kier alpha value is -1.85. The van der Waals surface area contributed by atoms with Gasteiger partial charge in [-0.15, -0.1) is 11.3 Å². The van der Waals surface area contributed by atoms with Gasteiger partial charge in [-0.05, 0) is 37.2 Å². The molecular formula is C18H23NO3S. The summed E-state index contributed by atoms with van der Waals surface area (Å²) in [6.45, 7) is 2.70. The van der Waals surface area contributed by atoms with Crippen LogP contribution in [0.5, 0.6) is 5.06 Å². The molecule has 0 N–H and O–H groups in total. The Morgan fingerprint density at radius 3 is 2.48 bits per heavy atom. The van der Waals surface area contributed by atoms with Crippen LogP contribution >= 0.6 is 11.3 Å². The summed E-state index contributed by atoms with van der Waals surface area (Å²) in [6.07, 6.45) is -0.323. The van der Waals surface area contributed by atoms with Gasteiger partial charge in [-0.2, -0.15) is 0 Å². The molecular weight excluding hydrogens is 310 g/mol. The summed E-state index contributed by atoms with van der Waals surface area (Å²) < 4.78 is 11.5. The topological polar surface area (TPSA) is 38.8 Å². The molecule has 2 rings (SSSR count). The third kappa shape index (κ3) is 5.69. The van der Waals surface area contributed by atoms with Gasteiger partial charge >= 0.3 is 5.97 Å². The van der Waals surface area contributed by atoms with Crippen molar-refractivity contribution >= 4 is 17.3 Å². The summed E-state index contributed by atoms with van der Waals surface area (Å²) >= 11 is 1.56. The van der Waals surface area contributed by atoms with Crippen LogP contribution in [0.1, 0.15) is 18.6 Å². The van der Waals surface area contributed by atoms with Crippen molar-refractivity contribution in [2.45, 2.75) is 13.0 Å². The van der Waals surface area contributed by atoms with E-state index in [4.69, 9.17) is 9.47 Å². The fraction of sp³-hybridized carbons (Fsp3) is 0.389. The first-order chi connectivity index (χ1) is 11.1. The predicted octanol–water partition coefficient (Wildman–Crippen LogP) is 3.61. The average molecular weight is 333 g/mol. The fourth-order valence-corrected chi connectivity index (χ4v) is 3.08. The molecule has 1 heterocycles. The van der Waals surface area contributed by atoms with Crippen LogP contribution in [-0.4, -0.2) is 38.1 Å². The maximum Gasteiger partial charge on any atom is 0.303 e. The molecule has 0 fully saturated rings. The number of hydrogen-bond donors (Lipinski definition) is 0. The smallest absolute Gasteiger partial charge is 0.303 e. The molecule has 0 amide bonds. The van der Waals surface area contributed by atoms with Crippen LogP contribution in [0.3, 0.4) is 0 Å². The molecule has 1 aromatic heterocycles. The van der Waals surface area contributed by atoms with Crippen molar-refractivity contribution in [2.75, 3.05) is 27.2 Å². The van der Waals surface area contributed by atoms with Gasteiger partial charge in [0.2, 0.25) is 0 Å². The van der Waals surface area contributed by atoms with Crippen LogP contribution in [0.2, 0.25) is 0 Å². The minimum atomic E-state index is -0.323. The summed E-state index contributed by atoms with van der Waals surface area (Å²) in [5.74, 6) is -0.239. The Bertz CT molecular complexity index is 584. The summed E-state index contributed by atoms with van der Waals surface area (Å²) in [5.41, 5.74) is 0.990. The minimum absolute atomic E-state index is 0.0402. The maximum atomic E-state index is 11.6. The Kier molecular flexibility index (Phi) is 6.62. The van der Waals surface area contributed by atoms with Crippen molar-refractivity contribution < 1.29 is 14.3 Å². The van der Waals surface area contributed by atoms with E-state index in [1.807, 2.05) is 61.9 Å².